The second-order valence-corrected chi connectivity index (χ2v) is 11.7. The molecule has 0 aliphatic carbocycles. The van der Waals surface area contributed by atoms with E-state index in [1.54, 1.807) is 37.4 Å². The molecule has 2 aliphatic heterocycles. The van der Waals surface area contributed by atoms with Gasteiger partial charge in [0.25, 0.3) is 11.8 Å². The summed E-state index contributed by atoms with van der Waals surface area (Å²) in [6.07, 6.45) is 0. The maximum absolute atomic E-state index is 12.9. The summed E-state index contributed by atoms with van der Waals surface area (Å²) in [7, 11) is 1.58. The van der Waals surface area contributed by atoms with Gasteiger partial charge in [0, 0.05) is 11.5 Å². The number of aliphatic carboxylic acids is 1. The topological polar surface area (TPSA) is 144 Å². The van der Waals surface area contributed by atoms with Gasteiger partial charge in [-0.1, -0.05) is 23.1 Å². The number of furan rings is 1. The van der Waals surface area contributed by atoms with Crippen LogP contribution in [0.1, 0.15) is 21.3 Å². The lowest BCUT2D eigenvalue weighted by Crippen LogP contribution is -2.70. The van der Waals surface area contributed by atoms with Gasteiger partial charge in [0.05, 0.1) is 7.11 Å². The van der Waals surface area contributed by atoms with Crippen molar-refractivity contribution in [2.75, 3.05) is 18.6 Å². The monoisotopic (exact) mass is 574 g/mol. The summed E-state index contributed by atoms with van der Waals surface area (Å²) in [4.78, 5) is 39.0. The number of nitrogens with one attached hydrogen (secondary N) is 1. The van der Waals surface area contributed by atoms with E-state index in [1.807, 2.05) is 6.92 Å². The van der Waals surface area contributed by atoms with Crippen LogP contribution in [0.4, 0.5) is 0 Å². The number of nitrogens with zero attached hydrogens (tertiary/aromatic N) is 3. The number of hydrogen-bond acceptors (Lipinski definition) is 11. The average Bonchev–Trinajstić information content (AvgIpc) is 3.57. The van der Waals surface area contributed by atoms with Gasteiger partial charge in [-0.15, -0.1) is 22.0 Å². The molecule has 11 nitrogen and oxygen atoms in total. The fourth-order valence-corrected chi connectivity index (χ4v) is 7.20. The minimum atomic E-state index is -1.18. The highest BCUT2D eigenvalue weighted by Gasteiger charge is 2.54. The van der Waals surface area contributed by atoms with E-state index in [1.165, 1.54) is 45.8 Å². The Balaban J connectivity index is 1.19. The average molecular weight is 575 g/mol. The van der Waals surface area contributed by atoms with Gasteiger partial charge in [0.15, 0.2) is 10.1 Å². The van der Waals surface area contributed by atoms with E-state index in [-0.39, 0.29) is 18.1 Å². The fraction of sp³-hybridized carbons (Fsp3) is 0.292. The third-order valence-corrected chi connectivity index (χ3v) is 9.14. The third kappa shape index (κ3) is 5.37. The molecule has 2 amide bonds. The molecule has 1 fully saturated rings. The maximum Gasteiger partial charge on any atom is 0.352 e. The van der Waals surface area contributed by atoms with Crippen LogP contribution in [0.5, 0.6) is 11.5 Å². The largest absolute Gasteiger partial charge is 0.497 e. The van der Waals surface area contributed by atoms with Crippen LogP contribution in [0.25, 0.3) is 0 Å². The van der Waals surface area contributed by atoms with Crippen molar-refractivity contribution in [1.82, 2.24) is 20.4 Å². The molecule has 2 N–H and O–H groups in total. The predicted molar refractivity (Wildman–Crippen MR) is 140 cm³/mol. The van der Waals surface area contributed by atoms with Gasteiger partial charge in [0.1, 0.15) is 46.0 Å². The second-order valence-electron chi connectivity index (χ2n) is 8.22. The fourth-order valence-electron chi connectivity index (χ4n) is 3.90. The summed E-state index contributed by atoms with van der Waals surface area (Å²) in [5.74, 6) is 0.369. The van der Waals surface area contributed by atoms with E-state index < -0.39 is 29.2 Å². The Morgan fingerprint density at radius 2 is 1.97 bits per heavy atom. The molecule has 1 saturated heterocycles. The molecule has 0 radical (unpaired) electrons. The molecule has 2 aromatic heterocycles. The Kier molecular flexibility index (Phi) is 7.63. The number of β-lactam (4-membered cyclic amide) rings is 1. The lowest BCUT2D eigenvalue weighted by atomic mass is 10.0. The van der Waals surface area contributed by atoms with Crippen molar-refractivity contribution in [2.24, 2.45) is 0 Å². The van der Waals surface area contributed by atoms with E-state index in [2.05, 4.69) is 15.5 Å². The summed E-state index contributed by atoms with van der Waals surface area (Å²) >= 11 is 4.22. The number of methoxy groups -OCH3 is 1. The number of amides is 2. The summed E-state index contributed by atoms with van der Waals surface area (Å²) < 4.78 is 17.1. The molecular weight excluding hydrogens is 552 g/mol. The Bertz CT molecular complexity index is 1400. The number of fused-ring (bicyclic) bond motifs is 1. The van der Waals surface area contributed by atoms with Gasteiger partial charge in [-0.3, -0.25) is 14.5 Å². The first-order chi connectivity index (χ1) is 18.3. The number of carbonyl (C=O) groups excluding carboxylic acids is 2. The highest BCUT2D eigenvalue weighted by molar-refractivity contribution is 8.01. The van der Waals surface area contributed by atoms with Crippen LogP contribution in [0.2, 0.25) is 0 Å². The Morgan fingerprint density at radius 3 is 2.66 bits per heavy atom. The van der Waals surface area contributed by atoms with Gasteiger partial charge in [0.2, 0.25) is 0 Å². The van der Waals surface area contributed by atoms with E-state index >= 15 is 0 Å². The normalized spacial score (nSPS) is 18.6. The van der Waals surface area contributed by atoms with Crippen molar-refractivity contribution in [3.63, 3.8) is 0 Å². The second kappa shape index (κ2) is 11.1. The van der Waals surface area contributed by atoms with E-state index in [0.717, 1.165) is 9.35 Å². The molecule has 2 atom stereocenters. The summed E-state index contributed by atoms with van der Waals surface area (Å²) in [5, 5.41) is 20.8. The molecule has 3 aromatic rings. The quantitative estimate of drug-likeness (QED) is 0.272. The highest BCUT2D eigenvalue weighted by Crippen LogP contribution is 2.42. The molecular formula is C24H22N4O7S3. The maximum atomic E-state index is 12.9. The van der Waals surface area contributed by atoms with Crippen molar-refractivity contribution in [3.8, 4) is 11.5 Å². The van der Waals surface area contributed by atoms with Crippen molar-refractivity contribution in [2.45, 2.75) is 29.3 Å². The lowest BCUT2D eigenvalue weighted by molar-refractivity contribution is -0.148. The molecule has 1 aromatic carbocycles. The van der Waals surface area contributed by atoms with Gasteiger partial charge in [-0.05, 0) is 48.9 Å². The zero-order valence-electron chi connectivity index (χ0n) is 20.2. The first-order valence-electron chi connectivity index (χ1n) is 11.3. The number of ether oxygens (including phenoxy) is 2. The zero-order valence-corrected chi connectivity index (χ0v) is 22.7. The summed E-state index contributed by atoms with van der Waals surface area (Å²) in [5.41, 5.74) is 0.594. The molecule has 5 rings (SSSR count). The number of thioether (sulfide) groups is 2. The Morgan fingerprint density at radius 1 is 1.21 bits per heavy atom. The smallest absolute Gasteiger partial charge is 0.352 e. The molecule has 0 spiro atoms. The van der Waals surface area contributed by atoms with Crippen molar-refractivity contribution in [1.29, 1.82) is 0 Å². The number of hydrogen-bond donors (Lipinski definition) is 2. The van der Waals surface area contributed by atoms with Crippen LogP contribution in [-0.4, -0.2) is 68.0 Å². The molecule has 2 aliphatic rings. The number of aromatic nitrogens is 2. The molecule has 14 heteroatoms. The highest BCUT2D eigenvalue weighted by atomic mass is 32.2. The van der Waals surface area contributed by atoms with Crippen LogP contribution in [0, 0.1) is 6.92 Å². The lowest BCUT2D eigenvalue weighted by Gasteiger charge is -2.49. The van der Waals surface area contributed by atoms with Gasteiger partial charge in [-0.25, -0.2) is 4.79 Å². The van der Waals surface area contributed by atoms with Crippen LogP contribution >= 0.6 is 34.9 Å². The molecule has 198 valence electrons. The number of benzene rings is 1. The summed E-state index contributed by atoms with van der Waals surface area (Å²) in [6.45, 7) is 1.95. The molecule has 0 saturated carbocycles. The van der Waals surface area contributed by atoms with Gasteiger partial charge in [-0.2, -0.15) is 0 Å². The Hall–Kier alpha value is -3.49. The van der Waals surface area contributed by atoms with Crippen LogP contribution in [-0.2, 0) is 16.2 Å². The number of carboxylic acids is 1. The van der Waals surface area contributed by atoms with Gasteiger partial charge >= 0.3 is 5.97 Å². The third-order valence-electron chi connectivity index (χ3n) is 5.74. The van der Waals surface area contributed by atoms with Crippen LogP contribution < -0.4 is 14.8 Å². The van der Waals surface area contributed by atoms with Gasteiger partial charge < -0.3 is 24.3 Å². The SMILES string of the molecule is COc1ccc(OCc2ccc(C(=O)NC3C(=O)N4C(C(=O)O)=C(CSc5nnc(C)s5)CSC34)o2)cc1. The number of carbonyl (C=O) groups is 3. The minimum absolute atomic E-state index is 0.0313. The van der Waals surface area contributed by atoms with Crippen molar-refractivity contribution in [3.05, 3.63) is 64.2 Å². The summed E-state index contributed by atoms with van der Waals surface area (Å²) in [6, 6.07) is 9.32. The van der Waals surface area contributed by atoms with Crippen LogP contribution in [0.15, 0.2) is 56.4 Å². The first kappa shape index (κ1) is 26.1. The van der Waals surface area contributed by atoms with E-state index in [4.69, 9.17) is 13.9 Å². The van der Waals surface area contributed by atoms with E-state index in [9.17, 15) is 19.5 Å². The number of rotatable bonds is 10. The van der Waals surface area contributed by atoms with Crippen molar-refractivity contribution < 1.29 is 33.4 Å². The zero-order chi connectivity index (χ0) is 26.8. The van der Waals surface area contributed by atoms with Crippen molar-refractivity contribution >= 4 is 52.6 Å². The first-order valence-corrected chi connectivity index (χ1v) is 14.2. The van der Waals surface area contributed by atoms with E-state index in [0.29, 0.717) is 34.3 Å². The predicted octanol–water partition coefficient (Wildman–Crippen LogP) is 3.17. The van der Waals surface area contributed by atoms with Crippen LogP contribution in [0.3, 0.4) is 0 Å². The molecule has 2 unspecified atom stereocenters. The number of aryl methyl sites for hydroxylation is 1. The molecule has 38 heavy (non-hydrogen) atoms. The minimum Gasteiger partial charge on any atom is -0.497 e. The molecule has 0 bridgehead atoms. The molecule has 4 heterocycles. The standard InChI is InChI=1S/C24H22N4O7S3/c1-12-26-27-24(38-12)37-11-13-10-36-22-18(21(30)28(22)19(13)23(31)32)25-20(29)17-8-7-16(35-17)9-34-15-5-3-14(33-2)4-6-15/h3-8,18,22H,9-11H2,1-2H3,(H,25,29)(H,31,32). The Labute approximate surface area is 229 Å². The number of carboxylic acid groups (broad SMARTS) is 1.